The first-order valence-corrected chi connectivity index (χ1v) is 9.01. The summed E-state index contributed by atoms with van der Waals surface area (Å²) in [4.78, 5) is 37.8. The lowest BCUT2D eigenvalue weighted by Gasteiger charge is -2.28. The Morgan fingerprint density at radius 2 is 1.82 bits per heavy atom. The van der Waals surface area contributed by atoms with Crippen LogP contribution in [0.4, 0.5) is 11.4 Å². The molecule has 3 rings (SSSR count). The molecule has 0 unspecified atom stereocenters. The number of anilines is 2. The molecule has 0 saturated heterocycles. The van der Waals surface area contributed by atoms with Crippen molar-refractivity contribution in [3.8, 4) is 0 Å². The lowest BCUT2D eigenvalue weighted by atomic mass is 10.1. The summed E-state index contributed by atoms with van der Waals surface area (Å²) >= 11 is 0. The Hall–Kier alpha value is -3.19. The number of benzene rings is 2. The first-order valence-electron chi connectivity index (χ1n) is 9.01. The van der Waals surface area contributed by atoms with E-state index in [2.05, 4.69) is 5.32 Å². The second-order valence-electron chi connectivity index (χ2n) is 6.68. The maximum Gasteiger partial charge on any atom is 0.338 e. The van der Waals surface area contributed by atoms with Crippen molar-refractivity contribution < 1.29 is 23.9 Å². The van der Waals surface area contributed by atoms with Crippen molar-refractivity contribution >= 4 is 29.2 Å². The molecule has 0 saturated carbocycles. The quantitative estimate of drug-likeness (QED) is 0.777. The third-order valence-corrected chi connectivity index (χ3v) is 4.17. The van der Waals surface area contributed by atoms with Crippen molar-refractivity contribution in [2.45, 2.75) is 26.6 Å². The summed E-state index contributed by atoms with van der Waals surface area (Å²) in [5.74, 6) is -1.35. The number of hydrogen-bond acceptors (Lipinski definition) is 5. The van der Waals surface area contributed by atoms with Crippen molar-refractivity contribution in [3.63, 3.8) is 0 Å². The van der Waals surface area contributed by atoms with E-state index in [1.54, 1.807) is 48.5 Å². The van der Waals surface area contributed by atoms with Crippen LogP contribution >= 0.6 is 0 Å². The molecule has 0 fully saturated rings. The third kappa shape index (κ3) is 4.75. The van der Waals surface area contributed by atoms with Crippen LogP contribution in [0.25, 0.3) is 0 Å². The molecule has 0 aromatic heterocycles. The summed E-state index contributed by atoms with van der Waals surface area (Å²) in [6, 6.07) is 13.8. The number of esters is 1. The number of amides is 2. The Labute approximate surface area is 163 Å². The number of nitrogens with one attached hydrogen (secondary N) is 1. The van der Waals surface area contributed by atoms with Gasteiger partial charge in [-0.05, 0) is 43.7 Å². The normalized spacial score (nSPS) is 13.1. The summed E-state index contributed by atoms with van der Waals surface area (Å²) < 4.78 is 10.7. The highest BCUT2D eigenvalue weighted by atomic mass is 16.5. The van der Waals surface area contributed by atoms with Crippen molar-refractivity contribution in [3.05, 3.63) is 59.7 Å². The van der Waals surface area contributed by atoms with Crippen LogP contribution in [0.3, 0.4) is 0 Å². The van der Waals surface area contributed by atoms with Crippen LogP contribution in [-0.2, 0) is 25.7 Å². The molecule has 1 heterocycles. The molecule has 0 spiro atoms. The minimum Gasteiger partial charge on any atom is -0.452 e. The van der Waals surface area contributed by atoms with E-state index in [-0.39, 0.29) is 18.6 Å². The van der Waals surface area contributed by atoms with Crippen LogP contribution in [0.1, 0.15) is 29.8 Å². The van der Waals surface area contributed by atoms with Gasteiger partial charge in [-0.1, -0.05) is 24.3 Å². The van der Waals surface area contributed by atoms with Crippen molar-refractivity contribution in [2.24, 2.45) is 0 Å². The van der Waals surface area contributed by atoms with Crippen molar-refractivity contribution in [1.29, 1.82) is 0 Å². The van der Waals surface area contributed by atoms with Gasteiger partial charge in [-0.3, -0.25) is 14.5 Å². The predicted octanol–water partition coefficient (Wildman–Crippen LogP) is 2.75. The Bertz CT molecular complexity index is 877. The Morgan fingerprint density at radius 3 is 2.54 bits per heavy atom. The van der Waals surface area contributed by atoms with Gasteiger partial charge in [-0.2, -0.15) is 0 Å². The average Bonchev–Trinajstić information content (AvgIpc) is 2.69. The van der Waals surface area contributed by atoms with Gasteiger partial charge in [0.15, 0.2) is 6.61 Å². The lowest BCUT2D eigenvalue weighted by Crippen LogP contribution is -2.44. The fraction of sp³-hybridized carbons (Fsp3) is 0.286. The van der Waals surface area contributed by atoms with E-state index in [4.69, 9.17) is 9.47 Å². The Balaban J connectivity index is 1.59. The molecule has 0 radical (unpaired) electrons. The Kier molecular flexibility index (Phi) is 6.06. The fourth-order valence-electron chi connectivity index (χ4n) is 2.74. The van der Waals surface area contributed by atoms with E-state index in [1.807, 2.05) is 13.8 Å². The van der Waals surface area contributed by atoms with E-state index < -0.39 is 18.5 Å². The van der Waals surface area contributed by atoms with Crippen LogP contribution in [0.2, 0.25) is 0 Å². The molecule has 7 heteroatoms. The summed E-state index contributed by atoms with van der Waals surface area (Å²) in [6.45, 7) is 3.80. The second kappa shape index (κ2) is 8.67. The second-order valence-corrected chi connectivity index (χ2v) is 6.68. The average molecular weight is 382 g/mol. The van der Waals surface area contributed by atoms with Gasteiger partial charge in [0.05, 0.1) is 29.6 Å². The zero-order valence-corrected chi connectivity index (χ0v) is 15.8. The number of ether oxygens (including phenoxy) is 2. The minimum atomic E-state index is -0.598. The first kappa shape index (κ1) is 19.6. The van der Waals surface area contributed by atoms with E-state index >= 15 is 0 Å². The molecule has 146 valence electrons. The topological polar surface area (TPSA) is 84.9 Å². The zero-order chi connectivity index (χ0) is 20.1. The van der Waals surface area contributed by atoms with Crippen molar-refractivity contribution in [1.82, 2.24) is 0 Å². The number of carbonyl (C=O) groups excluding carboxylic acids is 3. The standard InChI is InChI=1S/C21H22N2O5/c1-14(2)27-12-15-7-9-16(10-8-15)21(26)28-13-20(25)23-11-19(24)22-17-5-3-4-6-18(17)23/h3-10,14H,11-13H2,1-2H3,(H,22,24). The number of para-hydroxylation sites is 2. The van der Waals surface area contributed by atoms with Gasteiger partial charge in [0.2, 0.25) is 5.91 Å². The maximum atomic E-state index is 12.5. The third-order valence-electron chi connectivity index (χ3n) is 4.17. The SMILES string of the molecule is CC(C)OCc1ccc(C(=O)OCC(=O)N2CC(=O)Nc3ccccc32)cc1. The van der Waals surface area contributed by atoms with Gasteiger partial charge < -0.3 is 14.8 Å². The van der Waals surface area contributed by atoms with Gasteiger partial charge in [0.1, 0.15) is 6.54 Å². The highest BCUT2D eigenvalue weighted by molar-refractivity contribution is 6.10. The smallest absolute Gasteiger partial charge is 0.338 e. The van der Waals surface area contributed by atoms with E-state index in [9.17, 15) is 14.4 Å². The van der Waals surface area contributed by atoms with Crippen molar-refractivity contribution in [2.75, 3.05) is 23.4 Å². The van der Waals surface area contributed by atoms with Gasteiger partial charge in [0.25, 0.3) is 5.91 Å². The van der Waals surface area contributed by atoms with Crippen LogP contribution in [0, 0.1) is 0 Å². The molecule has 1 aliphatic rings. The maximum absolute atomic E-state index is 12.5. The first-order chi connectivity index (χ1) is 13.4. The highest BCUT2D eigenvalue weighted by Crippen LogP contribution is 2.28. The van der Waals surface area contributed by atoms with Crippen LogP contribution in [0.15, 0.2) is 48.5 Å². The van der Waals surface area contributed by atoms with E-state index in [0.29, 0.717) is 23.5 Å². The highest BCUT2D eigenvalue weighted by Gasteiger charge is 2.27. The summed E-state index contributed by atoms with van der Waals surface area (Å²) in [6.07, 6.45) is 0.123. The fourth-order valence-corrected chi connectivity index (χ4v) is 2.74. The zero-order valence-electron chi connectivity index (χ0n) is 15.8. The van der Waals surface area contributed by atoms with Crippen LogP contribution in [-0.4, -0.2) is 37.0 Å². The minimum absolute atomic E-state index is 0.113. The Morgan fingerprint density at radius 1 is 1.11 bits per heavy atom. The molecule has 2 aromatic rings. The predicted molar refractivity (Wildman–Crippen MR) is 104 cm³/mol. The lowest BCUT2D eigenvalue weighted by molar-refractivity contribution is -0.124. The van der Waals surface area contributed by atoms with E-state index in [0.717, 1.165) is 5.56 Å². The molecule has 0 aliphatic carbocycles. The molecule has 0 bridgehead atoms. The molecular formula is C21H22N2O5. The largest absolute Gasteiger partial charge is 0.452 e. The molecule has 28 heavy (non-hydrogen) atoms. The summed E-state index contributed by atoms with van der Waals surface area (Å²) in [7, 11) is 0. The molecule has 2 aromatic carbocycles. The van der Waals surface area contributed by atoms with Gasteiger partial charge >= 0.3 is 5.97 Å². The monoisotopic (exact) mass is 382 g/mol. The van der Waals surface area contributed by atoms with E-state index in [1.165, 1.54) is 4.90 Å². The molecule has 2 amide bonds. The molecular weight excluding hydrogens is 360 g/mol. The van der Waals surface area contributed by atoms with Gasteiger partial charge in [0, 0.05) is 0 Å². The van der Waals surface area contributed by atoms with Gasteiger partial charge in [-0.15, -0.1) is 0 Å². The summed E-state index contributed by atoms with van der Waals surface area (Å²) in [5.41, 5.74) is 2.42. The number of fused-ring (bicyclic) bond motifs is 1. The van der Waals surface area contributed by atoms with Gasteiger partial charge in [-0.25, -0.2) is 4.79 Å². The molecule has 1 N–H and O–H groups in total. The number of rotatable bonds is 6. The molecule has 1 aliphatic heterocycles. The number of hydrogen-bond donors (Lipinski definition) is 1. The molecule has 7 nitrogen and oxygen atoms in total. The summed E-state index contributed by atoms with van der Waals surface area (Å²) in [5, 5.41) is 2.71. The number of nitrogens with zero attached hydrogens (tertiary/aromatic N) is 1. The van der Waals surface area contributed by atoms with Crippen LogP contribution in [0.5, 0.6) is 0 Å². The number of carbonyl (C=O) groups is 3. The molecule has 0 atom stereocenters. The van der Waals surface area contributed by atoms with Crippen LogP contribution < -0.4 is 10.2 Å².